The minimum atomic E-state index is -1.23. The quantitative estimate of drug-likeness (QED) is 0.103. The zero-order chi connectivity index (χ0) is 31.2. The van der Waals surface area contributed by atoms with Crippen LogP contribution < -0.4 is 9.75 Å². The van der Waals surface area contributed by atoms with Gasteiger partial charge in [0.1, 0.15) is 16.9 Å². The van der Waals surface area contributed by atoms with Crippen molar-refractivity contribution in [1.29, 1.82) is 0 Å². The van der Waals surface area contributed by atoms with Gasteiger partial charge in [0.25, 0.3) is 5.65 Å². The van der Waals surface area contributed by atoms with Crippen LogP contribution in [0.4, 0.5) is 0 Å². The van der Waals surface area contributed by atoms with Crippen molar-refractivity contribution in [1.82, 2.24) is 14.5 Å². The van der Waals surface area contributed by atoms with E-state index in [0.29, 0.717) is 0 Å². The Labute approximate surface area is 280 Å². The third-order valence-electron chi connectivity index (χ3n) is 7.82. The third kappa shape index (κ3) is 6.43. The Morgan fingerprint density at radius 3 is 2.31 bits per heavy atom. The van der Waals surface area contributed by atoms with Crippen LogP contribution in [0.25, 0.3) is 55.7 Å². The second-order valence-electron chi connectivity index (χ2n) is 13.4. The Kier molecular flexibility index (Phi) is 9.01. The molecule has 0 fully saturated rings. The molecule has 7 rings (SSSR count). The van der Waals surface area contributed by atoms with E-state index in [0.717, 1.165) is 55.7 Å². The van der Waals surface area contributed by atoms with Gasteiger partial charge in [-0.2, -0.15) is 0 Å². The molecule has 231 valence electrons. The van der Waals surface area contributed by atoms with Crippen molar-refractivity contribution in [3.63, 3.8) is 0 Å². The number of aromatic nitrogens is 4. The first kappa shape index (κ1) is 32.5. The van der Waals surface area contributed by atoms with Gasteiger partial charge in [-0.3, -0.25) is 0 Å². The average molecular weight is 788 g/mol. The summed E-state index contributed by atoms with van der Waals surface area (Å²) in [6.07, 6.45) is 4.16. The molecule has 0 aliphatic rings. The van der Waals surface area contributed by atoms with Crippen LogP contribution in [0, 0.1) is 19.1 Å². The second kappa shape index (κ2) is 12.5. The Balaban J connectivity index is 0.000000202. The molecule has 4 aromatic heterocycles. The van der Waals surface area contributed by atoms with Crippen molar-refractivity contribution < 1.29 is 29.1 Å². The summed E-state index contributed by atoms with van der Waals surface area (Å²) in [5.41, 5.74) is 7.79. The number of aryl methyl sites for hydroxylation is 2. The van der Waals surface area contributed by atoms with Gasteiger partial charge >= 0.3 is 0 Å². The molecule has 4 heterocycles. The monoisotopic (exact) mass is 788 g/mol. The summed E-state index contributed by atoms with van der Waals surface area (Å²) in [5, 5.41) is 3.61. The van der Waals surface area contributed by atoms with Gasteiger partial charge in [-0.05, 0) is 61.8 Å². The van der Waals surface area contributed by atoms with Gasteiger partial charge in [-0.1, -0.05) is 55.4 Å². The molecule has 0 saturated carbocycles. The summed E-state index contributed by atoms with van der Waals surface area (Å²) in [4.78, 5) is 9.56. The first-order valence-corrected chi connectivity index (χ1v) is 18.6. The molecular weight excluding hydrogens is 749 g/mol. The molecular formula is C38H39IrN4OSi-. The van der Waals surface area contributed by atoms with Crippen molar-refractivity contribution in [2.24, 2.45) is 7.05 Å². The normalized spacial score (nSPS) is 11.8. The van der Waals surface area contributed by atoms with Crippen LogP contribution in [0.5, 0.6) is 0 Å². The molecule has 3 aromatic carbocycles. The van der Waals surface area contributed by atoms with E-state index in [4.69, 9.17) is 9.40 Å². The fourth-order valence-electron chi connectivity index (χ4n) is 5.69. The van der Waals surface area contributed by atoms with Crippen LogP contribution >= 0.6 is 0 Å². The molecule has 0 saturated heterocycles. The van der Waals surface area contributed by atoms with E-state index in [9.17, 15) is 0 Å². The predicted molar refractivity (Wildman–Crippen MR) is 184 cm³/mol. The minimum absolute atomic E-state index is 0. The van der Waals surface area contributed by atoms with E-state index >= 15 is 0 Å². The SMILES string of the molecule is C[Si](C)(C)c1ccc(-c2[c-]cccc2)nc1.Cc1cc2nc(-c3[c-]ccc4c3oc3ccccc34)n(C(C)(C)C)c2[n+](C)c1.[Ir]. The third-order valence-corrected chi connectivity index (χ3v) is 9.85. The zero-order valence-corrected chi connectivity index (χ0v) is 30.6. The number of furan rings is 1. The number of hydrogen-bond donors (Lipinski definition) is 0. The fourth-order valence-corrected chi connectivity index (χ4v) is 6.73. The Hall–Kier alpha value is -3.90. The van der Waals surface area contributed by atoms with E-state index < -0.39 is 8.07 Å². The van der Waals surface area contributed by atoms with E-state index in [1.807, 2.05) is 54.7 Å². The molecule has 0 aliphatic carbocycles. The molecule has 0 N–H and O–H groups in total. The number of hydrogen-bond acceptors (Lipinski definition) is 3. The summed E-state index contributed by atoms with van der Waals surface area (Å²) in [5.74, 6) is 0.883. The van der Waals surface area contributed by atoms with Crippen molar-refractivity contribution in [3.8, 4) is 22.6 Å². The first-order valence-electron chi connectivity index (χ1n) is 15.1. The van der Waals surface area contributed by atoms with Crippen molar-refractivity contribution in [2.75, 3.05) is 0 Å². The van der Waals surface area contributed by atoms with E-state index in [-0.39, 0.29) is 25.6 Å². The Bertz CT molecular complexity index is 2100. The number of pyridine rings is 2. The van der Waals surface area contributed by atoms with Gasteiger partial charge in [0.15, 0.2) is 0 Å². The van der Waals surface area contributed by atoms with Gasteiger partial charge in [-0.15, -0.1) is 54.1 Å². The maximum atomic E-state index is 6.26. The minimum Gasteiger partial charge on any atom is -0.500 e. The van der Waals surface area contributed by atoms with Crippen LogP contribution in [-0.4, -0.2) is 22.6 Å². The molecule has 0 unspecified atom stereocenters. The Morgan fingerprint density at radius 2 is 1.64 bits per heavy atom. The Morgan fingerprint density at radius 1 is 0.889 bits per heavy atom. The molecule has 45 heavy (non-hydrogen) atoms. The standard InChI is InChI=1S/C24H23N3O.C14H16NSi.Ir/c1-15-13-19-23(26(5)14-15)27(24(2,3)4)22(25-19)18-11-8-10-17-16-9-6-7-12-20(16)28-21(17)18;1-16(2,3)13-9-10-14(15-11-13)12-7-5-4-6-8-12;/h6-10,12-14H,1-5H3;4-7,9-11H,1-3H3;/q;-1;. The fraction of sp³-hybridized carbons (Fsp3) is 0.237. The van der Waals surface area contributed by atoms with Gasteiger partial charge in [0, 0.05) is 31.7 Å². The number of rotatable bonds is 3. The van der Waals surface area contributed by atoms with Gasteiger partial charge in [0.2, 0.25) is 0 Å². The van der Waals surface area contributed by atoms with Crippen LogP contribution in [0.3, 0.4) is 0 Å². The molecule has 0 atom stereocenters. The van der Waals surface area contributed by atoms with E-state index in [1.54, 1.807) is 0 Å². The number of para-hydroxylation sites is 1. The molecule has 7 heteroatoms. The van der Waals surface area contributed by atoms with Crippen molar-refractivity contribution in [3.05, 3.63) is 109 Å². The van der Waals surface area contributed by atoms with E-state index in [1.165, 1.54) is 10.8 Å². The van der Waals surface area contributed by atoms with Gasteiger partial charge < -0.3 is 9.40 Å². The largest absolute Gasteiger partial charge is 0.500 e. The number of benzene rings is 3. The maximum Gasteiger partial charge on any atom is 0.300 e. The summed E-state index contributed by atoms with van der Waals surface area (Å²) in [7, 11) is 0.848. The molecule has 5 nitrogen and oxygen atoms in total. The molecule has 0 aliphatic heterocycles. The summed E-state index contributed by atoms with van der Waals surface area (Å²) in [6, 6.07) is 33.2. The zero-order valence-electron chi connectivity index (χ0n) is 27.2. The maximum absolute atomic E-state index is 6.26. The number of fused-ring (bicyclic) bond motifs is 4. The molecule has 0 amide bonds. The van der Waals surface area contributed by atoms with Crippen LogP contribution in [0.1, 0.15) is 26.3 Å². The first-order chi connectivity index (χ1) is 20.9. The summed E-state index contributed by atoms with van der Waals surface area (Å²) >= 11 is 0. The van der Waals surface area contributed by atoms with Crippen molar-refractivity contribution >= 4 is 46.4 Å². The molecule has 0 spiro atoms. The molecule has 1 radical (unpaired) electrons. The summed E-state index contributed by atoms with van der Waals surface area (Å²) < 4.78 is 10.7. The van der Waals surface area contributed by atoms with Crippen molar-refractivity contribution in [2.45, 2.75) is 52.9 Å². The topological polar surface area (TPSA) is 47.7 Å². The average Bonchev–Trinajstić information content (AvgIpc) is 3.57. The van der Waals surface area contributed by atoms with Crippen LogP contribution in [-0.2, 0) is 32.7 Å². The van der Waals surface area contributed by atoms with Crippen LogP contribution in [0.15, 0.2) is 95.7 Å². The van der Waals surface area contributed by atoms with Crippen LogP contribution in [0.2, 0.25) is 19.6 Å². The number of nitrogens with zero attached hydrogens (tertiary/aromatic N) is 4. The molecule has 0 bridgehead atoms. The summed E-state index contributed by atoms with van der Waals surface area (Å²) in [6.45, 7) is 15.7. The van der Waals surface area contributed by atoms with E-state index in [2.05, 4.69) is 117 Å². The second-order valence-corrected chi connectivity index (χ2v) is 18.5. The molecule has 7 aromatic rings. The number of imidazole rings is 1. The smallest absolute Gasteiger partial charge is 0.300 e. The van der Waals surface area contributed by atoms with Gasteiger partial charge in [-0.25, -0.2) is 14.1 Å². The van der Waals surface area contributed by atoms with Gasteiger partial charge in [0.05, 0.1) is 32.4 Å². The predicted octanol–water partition coefficient (Wildman–Crippen LogP) is 8.38.